The molecule has 0 aliphatic carbocycles. The number of hydrogen-bond acceptors (Lipinski definition) is 5. The van der Waals surface area contributed by atoms with E-state index in [0.29, 0.717) is 5.41 Å². The van der Waals surface area contributed by atoms with Gasteiger partial charge in [-0.1, -0.05) is 13.8 Å². The fraction of sp³-hybridized carbons (Fsp3) is 1.00. The first-order valence-electron chi connectivity index (χ1n) is 9.86. The van der Waals surface area contributed by atoms with Crippen LogP contribution in [0.2, 0.25) is 0 Å². The second kappa shape index (κ2) is 13.9. The first kappa shape index (κ1) is 24.8. The molecule has 1 N–H and O–H groups in total. The molecule has 0 amide bonds. The van der Waals surface area contributed by atoms with Crippen molar-refractivity contribution >= 4 is 0 Å². The Morgan fingerprint density at radius 2 is 1.60 bits per heavy atom. The first-order chi connectivity index (χ1) is 11.7. The standard InChI is InChI=1S/C20H44N2O3/c1-18(25-19(2)24-7)10-12-20(3,4)11-8-14-22(16-17-23)15-9-13-21(5)6/h18-19,23H,8-17H2,1-7H3/t18?,19-/m1/s1. The normalized spacial score (nSPS) is 15.1. The average Bonchev–Trinajstić information content (AvgIpc) is 2.52. The molecule has 152 valence electrons. The first-order valence-corrected chi connectivity index (χ1v) is 9.86. The lowest BCUT2D eigenvalue weighted by atomic mass is 9.82. The van der Waals surface area contributed by atoms with Crippen molar-refractivity contribution in [2.45, 2.75) is 72.2 Å². The van der Waals surface area contributed by atoms with Crippen LogP contribution in [0.1, 0.15) is 59.8 Å². The van der Waals surface area contributed by atoms with E-state index >= 15 is 0 Å². The van der Waals surface area contributed by atoms with Gasteiger partial charge in [0.1, 0.15) is 0 Å². The van der Waals surface area contributed by atoms with E-state index in [1.807, 2.05) is 6.92 Å². The number of aliphatic hydroxyl groups is 1. The highest BCUT2D eigenvalue weighted by Crippen LogP contribution is 2.29. The number of aliphatic hydroxyl groups excluding tert-OH is 1. The minimum Gasteiger partial charge on any atom is -0.395 e. The Hall–Kier alpha value is -0.200. The molecule has 0 radical (unpaired) electrons. The van der Waals surface area contributed by atoms with Crippen molar-refractivity contribution in [3.8, 4) is 0 Å². The molecule has 5 nitrogen and oxygen atoms in total. The summed E-state index contributed by atoms with van der Waals surface area (Å²) >= 11 is 0. The number of hydrogen-bond donors (Lipinski definition) is 1. The maximum absolute atomic E-state index is 9.27. The van der Waals surface area contributed by atoms with Crippen molar-refractivity contribution in [3.05, 3.63) is 0 Å². The lowest BCUT2D eigenvalue weighted by molar-refractivity contribution is -0.142. The number of methoxy groups -OCH3 is 1. The number of rotatable bonds is 16. The molecular formula is C20H44N2O3. The van der Waals surface area contributed by atoms with Crippen LogP contribution in [-0.4, -0.2) is 81.3 Å². The molecule has 25 heavy (non-hydrogen) atoms. The molecule has 0 aromatic heterocycles. The fourth-order valence-corrected chi connectivity index (χ4v) is 3.04. The smallest absolute Gasteiger partial charge is 0.154 e. The van der Waals surface area contributed by atoms with Crippen LogP contribution in [0, 0.1) is 5.41 Å². The van der Waals surface area contributed by atoms with E-state index in [1.54, 1.807) is 7.11 Å². The number of ether oxygens (including phenoxy) is 2. The van der Waals surface area contributed by atoms with Gasteiger partial charge in [-0.2, -0.15) is 0 Å². The van der Waals surface area contributed by atoms with Crippen LogP contribution in [-0.2, 0) is 9.47 Å². The third kappa shape index (κ3) is 14.6. The van der Waals surface area contributed by atoms with E-state index in [1.165, 1.54) is 12.8 Å². The monoisotopic (exact) mass is 360 g/mol. The average molecular weight is 361 g/mol. The molecule has 0 spiro atoms. The van der Waals surface area contributed by atoms with E-state index < -0.39 is 0 Å². The summed E-state index contributed by atoms with van der Waals surface area (Å²) in [6.45, 7) is 13.0. The zero-order valence-corrected chi connectivity index (χ0v) is 17.9. The molecule has 5 heteroatoms. The maximum atomic E-state index is 9.27. The molecule has 2 atom stereocenters. The van der Waals surface area contributed by atoms with E-state index in [9.17, 15) is 5.11 Å². The highest BCUT2D eigenvalue weighted by atomic mass is 16.7. The molecule has 0 aromatic carbocycles. The van der Waals surface area contributed by atoms with Gasteiger partial charge in [0, 0.05) is 13.7 Å². The summed E-state index contributed by atoms with van der Waals surface area (Å²) < 4.78 is 10.9. The van der Waals surface area contributed by atoms with E-state index in [4.69, 9.17) is 9.47 Å². The molecule has 0 saturated carbocycles. The van der Waals surface area contributed by atoms with Crippen molar-refractivity contribution in [1.82, 2.24) is 9.80 Å². The van der Waals surface area contributed by atoms with Crippen LogP contribution in [0.3, 0.4) is 0 Å². The van der Waals surface area contributed by atoms with Crippen LogP contribution in [0.5, 0.6) is 0 Å². The summed E-state index contributed by atoms with van der Waals surface area (Å²) in [5.74, 6) is 0. The molecule has 0 aliphatic heterocycles. The van der Waals surface area contributed by atoms with Gasteiger partial charge in [-0.3, -0.25) is 0 Å². The van der Waals surface area contributed by atoms with Crippen molar-refractivity contribution in [1.29, 1.82) is 0 Å². The molecule has 0 aliphatic rings. The number of nitrogens with zero attached hydrogens (tertiary/aromatic N) is 2. The van der Waals surface area contributed by atoms with Crippen molar-refractivity contribution in [3.63, 3.8) is 0 Å². The van der Waals surface area contributed by atoms with Gasteiger partial charge in [0.15, 0.2) is 6.29 Å². The molecular weight excluding hydrogens is 316 g/mol. The molecule has 0 fully saturated rings. The SMILES string of the molecule is CO[C@@H](C)OC(C)CCC(C)(C)CCCN(CCO)CCCN(C)C. The molecule has 0 aromatic rings. The predicted molar refractivity (Wildman–Crippen MR) is 106 cm³/mol. The Morgan fingerprint density at radius 3 is 2.16 bits per heavy atom. The Balaban J connectivity index is 4.06. The summed E-state index contributed by atoms with van der Waals surface area (Å²) in [4.78, 5) is 4.61. The molecule has 0 bridgehead atoms. The maximum Gasteiger partial charge on any atom is 0.154 e. The third-order valence-electron chi connectivity index (χ3n) is 4.81. The van der Waals surface area contributed by atoms with Crippen molar-refractivity contribution < 1.29 is 14.6 Å². The van der Waals surface area contributed by atoms with E-state index in [-0.39, 0.29) is 19.0 Å². The largest absolute Gasteiger partial charge is 0.395 e. The van der Waals surface area contributed by atoms with Crippen LogP contribution >= 0.6 is 0 Å². The van der Waals surface area contributed by atoms with Gasteiger partial charge < -0.3 is 24.4 Å². The summed E-state index contributed by atoms with van der Waals surface area (Å²) in [7, 11) is 5.89. The van der Waals surface area contributed by atoms with Gasteiger partial charge in [0.2, 0.25) is 0 Å². The lowest BCUT2D eigenvalue weighted by Crippen LogP contribution is -2.31. The summed E-state index contributed by atoms with van der Waals surface area (Å²) in [5.41, 5.74) is 0.322. The Kier molecular flexibility index (Phi) is 13.8. The lowest BCUT2D eigenvalue weighted by Gasteiger charge is -2.29. The summed E-state index contributed by atoms with van der Waals surface area (Å²) in [6, 6.07) is 0. The zero-order chi connectivity index (χ0) is 19.3. The van der Waals surface area contributed by atoms with Crippen LogP contribution in [0.4, 0.5) is 0 Å². The van der Waals surface area contributed by atoms with Crippen LogP contribution < -0.4 is 0 Å². The van der Waals surface area contributed by atoms with Gasteiger partial charge in [0.05, 0.1) is 12.7 Å². The highest BCUT2D eigenvalue weighted by Gasteiger charge is 2.20. The second-order valence-electron chi connectivity index (χ2n) is 8.28. The minimum absolute atomic E-state index is 0.132. The quantitative estimate of drug-likeness (QED) is 0.428. The van der Waals surface area contributed by atoms with Gasteiger partial charge in [-0.25, -0.2) is 0 Å². The molecule has 0 rings (SSSR count). The zero-order valence-electron chi connectivity index (χ0n) is 17.9. The summed E-state index contributed by atoms with van der Waals surface area (Å²) in [6.07, 6.45) is 5.85. The topological polar surface area (TPSA) is 45.2 Å². The second-order valence-corrected chi connectivity index (χ2v) is 8.28. The van der Waals surface area contributed by atoms with Crippen molar-refractivity contribution in [2.75, 3.05) is 54.0 Å². The Labute approximate surface area is 156 Å². The Morgan fingerprint density at radius 1 is 0.960 bits per heavy atom. The van der Waals surface area contributed by atoms with Gasteiger partial charge in [-0.15, -0.1) is 0 Å². The van der Waals surface area contributed by atoms with Gasteiger partial charge in [-0.05, 0) is 85.1 Å². The van der Waals surface area contributed by atoms with Gasteiger partial charge in [0.25, 0.3) is 0 Å². The molecule has 1 unspecified atom stereocenters. The Bertz CT molecular complexity index is 311. The summed E-state index contributed by atoms with van der Waals surface area (Å²) in [5, 5.41) is 9.27. The van der Waals surface area contributed by atoms with E-state index in [0.717, 1.165) is 45.4 Å². The molecule has 0 heterocycles. The van der Waals surface area contributed by atoms with E-state index in [2.05, 4.69) is 44.7 Å². The molecule has 0 saturated heterocycles. The minimum atomic E-state index is -0.132. The third-order valence-corrected chi connectivity index (χ3v) is 4.81. The predicted octanol–water partition coefficient (Wildman–Crippen LogP) is 3.22. The highest BCUT2D eigenvalue weighted by molar-refractivity contribution is 4.72. The van der Waals surface area contributed by atoms with Gasteiger partial charge >= 0.3 is 0 Å². The van der Waals surface area contributed by atoms with Crippen LogP contribution in [0.25, 0.3) is 0 Å². The van der Waals surface area contributed by atoms with Crippen molar-refractivity contribution in [2.24, 2.45) is 5.41 Å². The fourth-order valence-electron chi connectivity index (χ4n) is 3.04. The van der Waals surface area contributed by atoms with Crippen LogP contribution in [0.15, 0.2) is 0 Å².